The Morgan fingerprint density at radius 1 is 1.13 bits per heavy atom. The highest BCUT2D eigenvalue weighted by molar-refractivity contribution is 5.98. The Labute approximate surface area is 181 Å². The zero-order valence-electron chi connectivity index (χ0n) is 17.8. The van der Waals surface area contributed by atoms with Gasteiger partial charge in [0.25, 0.3) is 5.56 Å². The summed E-state index contributed by atoms with van der Waals surface area (Å²) in [6.45, 7) is 7.31. The van der Waals surface area contributed by atoms with E-state index < -0.39 is 0 Å². The van der Waals surface area contributed by atoms with E-state index >= 15 is 0 Å². The molecule has 1 unspecified atom stereocenters. The van der Waals surface area contributed by atoms with Gasteiger partial charge in [-0.15, -0.1) is 0 Å². The van der Waals surface area contributed by atoms with Gasteiger partial charge in [-0.05, 0) is 38.0 Å². The molecule has 4 heterocycles. The Kier molecular flexibility index (Phi) is 5.46. The van der Waals surface area contributed by atoms with Gasteiger partial charge < -0.3 is 19.9 Å². The number of hydrogen-bond donors (Lipinski definition) is 2. The fraction of sp³-hybridized carbons (Fsp3) is 0.435. The van der Waals surface area contributed by atoms with Crippen LogP contribution in [0.1, 0.15) is 18.9 Å². The number of benzene rings is 1. The largest absolute Gasteiger partial charge is 0.493 e. The first kappa shape index (κ1) is 19.8. The molecular weight excluding hydrogens is 392 g/mol. The van der Waals surface area contributed by atoms with Gasteiger partial charge in [0.2, 0.25) is 5.95 Å². The van der Waals surface area contributed by atoms with Crippen molar-refractivity contribution in [1.29, 1.82) is 0 Å². The number of anilines is 2. The number of H-pyrrole nitrogens is 1. The molecule has 1 atom stereocenters. The van der Waals surface area contributed by atoms with Crippen LogP contribution in [-0.2, 0) is 6.42 Å². The van der Waals surface area contributed by atoms with Gasteiger partial charge >= 0.3 is 0 Å². The summed E-state index contributed by atoms with van der Waals surface area (Å²) in [5.74, 6) is 1.62. The minimum absolute atomic E-state index is 0.00132. The molecule has 1 aromatic carbocycles. The Hall–Kier alpha value is -3.13. The fourth-order valence-electron chi connectivity index (χ4n) is 4.66. The lowest BCUT2D eigenvalue weighted by Crippen LogP contribution is -2.50. The summed E-state index contributed by atoms with van der Waals surface area (Å²) in [6, 6.07) is 7.98. The maximum absolute atomic E-state index is 12.7. The van der Waals surface area contributed by atoms with Gasteiger partial charge in [0.1, 0.15) is 5.75 Å². The molecule has 0 saturated carbocycles. The molecule has 8 heteroatoms. The number of aromatic nitrogens is 3. The van der Waals surface area contributed by atoms with Crippen molar-refractivity contribution in [3.63, 3.8) is 0 Å². The van der Waals surface area contributed by atoms with Crippen molar-refractivity contribution in [3.05, 3.63) is 52.6 Å². The average Bonchev–Trinajstić information content (AvgIpc) is 2.80. The zero-order chi connectivity index (χ0) is 21.2. The van der Waals surface area contributed by atoms with E-state index in [4.69, 9.17) is 4.74 Å². The summed E-state index contributed by atoms with van der Waals surface area (Å²) in [5.41, 5.74) is 2.59. The Bertz CT molecular complexity index is 1110. The molecule has 162 valence electrons. The number of fused-ring (bicyclic) bond motifs is 3. The molecule has 2 aliphatic rings. The predicted octanol–water partition coefficient (Wildman–Crippen LogP) is 2.27. The van der Waals surface area contributed by atoms with E-state index in [-0.39, 0.29) is 5.56 Å². The third-order valence-corrected chi connectivity index (χ3v) is 6.18. The van der Waals surface area contributed by atoms with E-state index in [9.17, 15) is 4.79 Å². The number of hydrogen-bond acceptors (Lipinski definition) is 7. The third-order valence-electron chi connectivity index (χ3n) is 6.18. The standard InChI is InChI=1S/C23H28N6O2/c1-2-31-19-6-3-5-18-20(19)21-17(22(30)27-18)8-7-16(26-21)15-28-11-13-29(14-12-28)23-24-9-4-10-25-23/h3-6,9-10,16,26H,2,7-8,11-15H2,1H3,(H,27,30). The zero-order valence-corrected chi connectivity index (χ0v) is 17.8. The number of piperazine rings is 1. The molecule has 0 amide bonds. The van der Waals surface area contributed by atoms with Crippen molar-refractivity contribution in [2.75, 3.05) is 49.5 Å². The van der Waals surface area contributed by atoms with E-state index in [1.807, 2.05) is 31.2 Å². The third kappa shape index (κ3) is 3.95. The second-order valence-electron chi connectivity index (χ2n) is 8.14. The number of pyridine rings is 1. The van der Waals surface area contributed by atoms with Gasteiger partial charge in [0.05, 0.1) is 23.2 Å². The van der Waals surface area contributed by atoms with Crippen molar-refractivity contribution in [2.24, 2.45) is 0 Å². The minimum atomic E-state index is -0.00132. The van der Waals surface area contributed by atoms with Gasteiger partial charge in [-0.25, -0.2) is 9.97 Å². The second kappa shape index (κ2) is 8.55. The summed E-state index contributed by atoms with van der Waals surface area (Å²) in [7, 11) is 0. The number of nitrogens with one attached hydrogen (secondary N) is 2. The maximum atomic E-state index is 12.7. The summed E-state index contributed by atoms with van der Waals surface area (Å²) in [4.78, 5) is 29.1. The van der Waals surface area contributed by atoms with Crippen LogP contribution in [0.3, 0.4) is 0 Å². The minimum Gasteiger partial charge on any atom is -0.493 e. The molecule has 1 saturated heterocycles. The molecule has 5 rings (SSSR count). The van der Waals surface area contributed by atoms with Crippen LogP contribution >= 0.6 is 0 Å². The normalized spacial score (nSPS) is 19.1. The topological polar surface area (TPSA) is 86.4 Å². The summed E-state index contributed by atoms with van der Waals surface area (Å²) in [5, 5.41) is 4.67. The van der Waals surface area contributed by atoms with Crippen LogP contribution in [0.4, 0.5) is 11.6 Å². The van der Waals surface area contributed by atoms with Crippen LogP contribution in [0.2, 0.25) is 0 Å². The first-order chi connectivity index (χ1) is 15.2. The molecule has 0 spiro atoms. The highest BCUT2D eigenvalue weighted by Gasteiger charge is 2.27. The number of aromatic amines is 1. The van der Waals surface area contributed by atoms with Crippen LogP contribution in [0, 0.1) is 0 Å². The van der Waals surface area contributed by atoms with E-state index in [0.717, 1.165) is 79.4 Å². The molecular formula is C23H28N6O2. The molecule has 0 aliphatic carbocycles. The Morgan fingerprint density at radius 2 is 1.94 bits per heavy atom. The van der Waals surface area contributed by atoms with Crippen LogP contribution < -0.4 is 20.5 Å². The van der Waals surface area contributed by atoms with Crippen molar-refractivity contribution in [3.8, 4) is 5.75 Å². The second-order valence-corrected chi connectivity index (χ2v) is 8.14. The summed E-state index contributed by atoms with van der Waals surface area (Å²) >= 11 is 0. The Balaban J connectivity index is 1.32. The van der Waals surface area contributed by atoms with Gasteiger partial charge in [0.15, 0.2) is 0 Å². The summed E-state index contributed by atoms with van der Waals surface area (Å²) in [6.07, 6.45) is 5.30. The maximum Gasteiger partial charge on any atom is 0.253 e. The molecule has 31 heavy (non-hydrogen) atoms. The molecule has 3 aromatic rings. The van der Waals surface area contributed by atoms with Crippen LogP contribution in [-0.4, -0.2) is 65.2 Å². The van der Waals surface area contributed by atoms with Crippen molar-refractivity contribution in [2.45, 2.75) is 25.8 Å². The lowest BCUT2D eigenvalue weighted by molar-refractivity contribution is 0.242. The molecule has 8 nitrogen and oxygen atoms in total. The highest BCUT2D eigenvalue weighted by atomic mass is 16.5. The van der Waals surface area contributed by atoms with Crippen LogP contribution in [0.15, 0.2) is 41.5 Å². The number of rotatable bonds is 5. The molecule has 0 bridgehead atoms. The van der Waals surface area contributed by atoms with E-state index in [2.05, 4.69) is 30.1 Å². The first-order valence-corrected chi connectivity index (χ1v) is 11.0. The van der Waals surface area contributed by atoms with Gasteiger partial charge in [0, 0.05) is 56.7 Å². The van der Waals surface area contributed by atoms with Crippen molar-refractivity contribution < 1.29 is 4.74 Å². The average molecular weight is 421 g/mol. The van der Waals surface area contributed by atoms with Gasteiger partial charge in [-0.3, -0.25) is 9.69 Å². The Morgan fingerprint density at radius 3 is 2.71 bits per heavy atom. The van der Waals surface area contributed by atoms with E-state index in [0.29, 0.717) is 12.6 Å². The number of nitrogens with zero attached hydrogens (tertiary/aromatic N) is 4. The molecule has 1 fully saturated rings. The van der Waals surface area contributed by atoms with E-state index in [1.54, 1.807) is 12.4 Å². The molecule has 2 aromatic heterocycles. The molecule has 2 N–H and O–H groups in total. The van der Waals surface area contributed by atoms with E-state index in [1.165, 1.54) is 0 Å². The van der Waals surface area contributed by atoms with Crippen molar-refractivity contribution in [1.82, 2.24) is 19.9 Å². The smallest absolute Gasteiger partial charge is 0.253 e. The van der Waals surface area contributed by atoms with Crippen LogP contribution in [0.5, 0.6) is 5.75 Å². The fourth-order valence-corrected chi connectivity index (χ4v) is 4.66. The first-order valence-electron chi connectivity index (χ1n) is 11.0. The number of ether oxygens (including phenoxy) is 1. The lowest BCUT2D eigenvalue weighted by atomic mass is 9.96. The van der Waals surface area contributed by atoms with Crippen LogP contribution in [0.25, 0.3) is 10.9 Å². The lowest BCUT2D eigenvalue weighted by Gasteiger charge is -2.38. The van der Waals surface area contributed by atoms with Crippen molar-refractivity contribution >= 4 is 22.5 Å². The SMILES string of the molecule is CCOc1cccc2[nH]c(=O)c3c(c12)NC(CN1CCN(c2ncccn2)CC1)CC3. The van der Waals surface area contributed by atoms with Gasteiger partial charge in [-0.2, -0.15) is 0 Å². The predicted molar refractivity (Wildman–Crippen MR) is 122 cm³/mol. The molecule has 0 radical (unpaired) electrons. The molecule has 2 aliphatic heterocycles. The highest BCUT2D eigenvalue weighted by Crippen LogP contribution is 2.35. The quantitative estimate of drug-likeness (QED) is 0.655. The van der Waals surface area contributed by atoms with Gasteiger partial charge in [-0.1, -0.05) is 6.07 Å². The monoisotopic (exact) mass is 420 g/mol. The summed E-state index contributed by atoms with van der Waals surface area (Å²) < 4.78 is 5.87.